The fraction of sp³-hybridized carbons (Fsp3) is 0.148. The summed E-state index contributed by atoms with van der Waals surface area (Å²) >= 11 is -2.44. The van der Waals surface area contributed by atoms with E-state index in [2.05, 4.69) is 56.3 Å². The molecule has 0 bridgehead atoms. The molecule has 4 rings (SSSR count). The van der Waals surface area contributed by atoms with Crippen molar-refractivity contribution in [3.05, 3.63) is 131 Å². The Hall–Kier alpha value is -1.53. The summed E-state index contributed by atoms with van der Waals surface area (Å²) in [6, 6.07) is 36.8. The first-order valence-corrected chi connectivity index (χ1v) is 17.8. The van der Waals surface area contributed by atoms with Crippen molar-refractivity contribution in [3.8, 4) is 0 Å². The van der Waals surface area contributed by atoms with Crippen molar-refractivity contribution in [2.75, 3.05) is 0 Å². The SMILES string of the molecule is CCc1c[cH-]cc1CC.[Cl][Zr]([Cl])=[C](c1ccccc1)c1ccccc1.c1cc[cH-]c1. The van der Waals surface area contributed by atoms with Crippen molar-refractivity contribution in [2.24, 2.45) is 0 Å². The topological polar surface area (TPSA) is 0 Å². The molecule has 0 nitrogen and oxygen atoms in total. The van der Waals surface area contributed by atoms with E-state index in [0.29, 0.717) is 0 Å². The molecule has 0 aromatic heterocycles. The summed E-state index contributed by atoms with van der Waals surface area (Å²) in [4.78, 5) is 0. The van der Waals surface area contributed by atoms with Crippen LogP contribution >= 0.6 is 17.0 Å². The molecule has 0 radical (unpaired) electrons. The van der Waals surface area contributed by atoms with Gasteiger partial charge in [-0.1, -0.05) is 26.7 Å². The first-order chi connectivity index (χ1) is 14.7. The third-order valence-electron chi connectivity index (χ3n) is 4.64. The molecule has 30 heavy (non-hydrogen) atoms. The van der Waals surface area contributed by atoms with E-state index in [1.807, 2.05) is 66.7 Å². The van der Waals surface area contributed by atoms with Gasteiger partial charge in [-0.25, -0.2) is 12.1 Å². The van der Waals surface area contributed by atoms with E-state index in [-0.39, 0.29) is 0 Å². The number of rotatable bonds is 4. The second-order valence-corrected chi connectivity index (χ2v) is 14.7. The van der Waals surface area contributed by atoms with E-state index in [4.69, 9.17) is 17.0 Å². The Morgan fingerprint density at radius 1 is 0.667 bits per heavy atom. The van der Waals surface area contributed by atoms with E-state index in [0.717, 1.165) is 14.3 Å². The maximum atomic E-state index is 6.24. The third-order valence-corrected chi connectivity index (χ3v) is 9.22. The van der Waals surface area contributed by atoms with Crippen LogP contribution in [0.2, 0.25) is 0 Å². The van der Waals surface area contributed by atoms with Crippen molar-refractivity contribution in [2.45, 2.75) is 26.7 Å². The van der Waals surface area contributed by atoms with Crippen LogP contribution in [-0.4, -0.2) is 3.21 Å². The zero-order valence-corrected chi connectivity index (χ0v) is 21.5. The van der Waals surface area contributed by atoms with Gasteiger partial charge in [0.25, 0.3) is 0 Å². The minimum Gasteiger partial charge on any atom is -0.214 e. The summed E-state index contributed by atoms with van der Waals surface area (Å²) in [5.41, 5.74) is 5.32. The van der Waals surface area contributed by atoms with E-state index >= 15 is 0 Å². The summed E-state index contributed by atoms with van der Waals surface area (Å²) in [6.07, 6.45) is 2.35. The quantitative estimate of drug-likeness (QED) is 0.241. The van der Waals surface area contributed by atoms with E-state index in [1.54, 1.807) is 0 Å². The monoisotopic (exact) mass is 512 g/mol. The molecule has 0 aliphatic rings. The van der Waals surface area contributed by atoms with Crippen LogP contribution < -0.4 is 0 Å². The predicted molar refractivity (Wildman–Crippen MR) is 131 cm³/mol. The van der Waals surface area contributed by atoms with Crippen LogP contribution in [0.4, 0.5) is 0 Å². The molecule has 0 fully saturated rings. The molecule has 0 heterocycles. The Morgan fingerprint density at radius 3 is 1.40 bits per heavy atom. The largest absolute Gasteiger partial charge is 0.214 e. The molecule has 0 saturated heterocycles. The molecule has 0 spiro atoms. The molecule has 0 saturated carbocycles. The summed E-state index contributed by atoms with van der Waals surface area (Å²) < 4.78 is 1.15. The Labute approximate surface area is 196 Å². The second kappa shape index (κ2) is 14.5. The van der Waals surface area contributed by atoms with Crippen molar-refractivity contribution < 1.29 is 18.9 Å². The average Bonchev–Trinajstić information content (AvgIpc) is 3.50. The smallest absolute Gasteiger partial charge is 0.172 e. The van der Waals surface area contributed by atoms with Crippen molar-refractivity contribution >= 4 is 20.2 Å². The zero-order chi connectivity index (χ0) is 21.6. The van der Waals surface area contributed by atoms with Crippen LogP contribution in [0.5, 0.6) is 0 Å². The van der Waals surface area contributed by atoms with Gasteiger partial charge in [0, 0.05) is 0 Å². The molecule has 0 unspecified atom stereocenters. The number of aryl methyl sites for hydroxylation is 2. The van der Waals surface area contributed by atoms with E-state index < -0.39 is 18.9 Å². The van der Waals surface area contributed by atoms with Gasteiger partial charge in [-0.3, -0.25) is 0 Å². The molecule has 4 aromatic carbocycles. The molecule has 0 atom stereocenters. The van der Waals surface area contributed by atoms with Crippen molar-refractivity contribution in [3.63, 3.8) is 0 Å². The predicted octanol–water partition coefficient (Wildman–Crippen LogP) is 8.12. The maximum absolute atomic E-state index is 6.24. The first kappa shape index (κ1) is 24.7. The third kappa shape index (κ3) is 8.31. The van der Waals surface area contributed by atoms with Gasteiger partial charge in [-0.05, 0) is 0 Å². The Balaban J connectivity index is 0.000000190. The minimum absolute atomic E-state index is 1.15. The van der Waals surface area contributed by atoms with Crippen LogP contribution in [0.25, 0.3) is 0 Å². The van der Waals surface area contributed by atoms with Gasteiger partial charge in [-0.15, -0.1) is 0 Å². The minimum atomic E-state index is -2.44. The fourth-order valence-electron chi connectivity index (χ4n) is 3.10. The molecule has 156 valence electrons. The van der Waals surface area contributed by atoms with E-state index in [1.165, 1.54) is 24.0 Å². The van der Waals surface area contributed by atoms with Gasteiger partial charge in [0.1, 0.15) is 0 Å². The summed E-state index contributed by atoms with van der Waals surface area (Å²) in [5.74, 6) is 0. The number of benzene rings is 2. The van der Waals surface area contributed by atoms with Gasteiger partial charge in [-0.2, -0.15) is 47.5 Å². The van der Waals surface area contributed by atoms with Gasteiger partial charge in [0.2, 0.25) is 0 Å². The molecule has 0 aliphatic carbocycles. The van der Waals surface area contributed by atoms with E-state index in [9.17, 15) is 0 Å². The molecular formula is C27H28Cl2Zr-2. The first-order valence-electron chi connectivity index (χ1n) is 10.2. The Kier molecular flexibility index (Phi) is 11.9. The van der Waals surface area contributed by atoms with Crippen LogP contribution in [0.3, 0.4) is 0 Å². The summed E-state index contributed by atoms with van der Waals surface area (Å²) in [7, 11) is 12.5. The van der Waals surface area contributed by atoms with Crippen LogP contribution in [0.1, 0.15) is 36.1 Å². The molecule has 0 aliphatic heterocycles. The molecule has 0 amide bonds. The number of halogens is 2. The van der Waals surface area contributed by atoms with Crippen molar-refractivity contribution in [1.29, 1.82) is 0 Å². The van der Waals surface area contributed by atoms with Crippen LogP contribution in [-0.2, 0) is 31.7 Å². The Morgan fingerprint density at radius 2 is 1.10 bits per heavy atom. The molecule has 0 N–H and O–H groups in total. The van der Waals surface area contributed by atoms with Gasteiger partial charge in [0.15, 0.2) is 0 Å². The van der Waals surface area contributed by atoms with Crippen molar-refractivity contribution in [1.82, 2.24) is 0 Å². The number of hydrogen-bond donors (Lipinski definition) is 0. The normalized spacial score (nSPS) is 9.60. The Bertz CT molecular complexity index is 887. The number of hydrogen-bond acceptors (Lipinski definition) is 0. The zero-order valence-electron chi connectivity index (χ0n) is 17.6. The van der Waals surface area contributed by atoms with Gasteiger partial charge in [0.05, 0.1) is 0 Å². The summed E-state index contributed by atoms with van der Waals surface area (Å²) in [6.45, 7) is 4.41. The van der Waals surface area contributed by atoms with Gasteiger partial charge >= 0.3 is 111 Å². The van der Waals surface area contributed by atoms with Gasteiger partial charge < -0.3 is 0 Å². The fourth-order valence-corrected chi connectivity index (χ4v) is 7.57. The molecule has 3 heteroatoms. The summed E-state index contributed by atoms with van der Waals surface area (Å²) in [5, 5.41) is 0. The standard InChI is InChI=1S/C13H10.C9H13.C5H5.2ClH.Zr/c1-3-7-12(8-4-1)11-13-9-5-2-6-10-13;1-3-8-6-5-7-9(8)4-2;1-2-4-5-3-1;;;/h1-10H;5-7H,3-4H2,1-2H3;1-5H;2*1H;/q;2*-1;;;+2/p-2. The second-order valence-electron chi connectivity index (χ2n) is 6.61. The average molecular weight is 515 g/mol. The van der Waals surface area contributed by atoms with Crippen LogP contribution in [0, 0.1) is 0 Å². The van der Waals surface area contributed by atoms with Crippen LogP contribution in [0.15, 0.2) is 109 Å². The molecule has 4 aromatic rings. The maximum Gasteiger partial charge on any atom is -0.172 e. The molecular weight excluding hydrogens is 486 g/mol.